The van der Waals surface area contributed by atoms with Gasteiger partial charge in [-0.05, 0) is 74.8 Å². The Bertz CT molecular complexity index is 1140. The SMILES string of the molecule is CCOC(=O)c1ccc(Nc2nc(NCCC[Si](C)([O-])O)nc(Nc3ccc(C(=O)OCC)cc3)n2)cc1. The lowest BCUT2D eigenvalue weighted by Gasteiger charge is -2.26. The fraction of sp³-hybridized carbons (Fsp3) is 0.320. The van der Waals surface area contributed by atoms with Crippen molar-refractivity contribution in [2.24, 2.45) is 0 Å². The van der Waals surface area contributed by atoms with Gasteiger partial charge in [0.15, 0.2) is 0 Å². The predicted molar refractivity (Wildman–Crippen MR) is 143 cm³/mol. The molecule has 1 heterocycles. The Balaban J connectivity index is 1.78. The number of nitrogens with zero attached hydrogens (tertiary/aromatic N) is 3. The third-order valence-electron chi connectivity index (χ3n) is 5.04. The zero-order chi connectivity index (χ0) is 27.5. The molecule has 0 saturated heterocycles. The molecule has 0 aliphatic heterocycles. The average molecular weight is 540 g/mol. The number of benzene rings is 2. The topological polar surface area (TPSA) is 171 Å². The number of ether oxygens (including phenoxy) is 2. The van der Waals surface area contributed by atoms with E-state index in [0.717, 1.165) is 0 Å². The number of aromatic nitrogens is 3. The molecule has 4 N–H and O–H groups in total. The molecule has 1 atom stereocenters. The van der Waals surface area contributed by atoms with Crippen molar-refractivity contribution in [3.63, 3.8) is 0 Å². The third-order valence-corrected chi connectivity index (χ3v) is 6.32. The summed E-state index contributed by atoms with van der Waals surface area (Å²) in [5.41, 5.74) is 2.10. The van der Waals surface area contributed by atoms with Crippen LogP contribution in [0.2, 0.25) is 12.6 Å². The van der Waals surface area contributed by atoms with Crippen LogP contribution < -0.4 is 20.7 Å². The lowest BCUT2D eigenvalue weighted by Crippen LogP contribution is -2.46. The maximum atomic E-state index is 11.9. The van der Waals surface area contributed by atoms with Crippen molar-refractivity contribution in [2.45, 2.75) is 32.9 Å². The van der Waals surface area contributed by atoms with Gasteiger partial charge in [-0.3, -0.25) is 0 Å². The molecule has 0 saturated carbocycles. The number of rotatable bonds is 13. The van der Waals surface area contributed by atoms with E-state index in [1.807, 2.05) is 0 Å². The highest BCUT2D eigenvalue weighted by Crippen LogP contribution is 2.20. The van der Waals surface area contributed by atoms with Crippen LogP contribution in [0.15, 0.2) is 48.5 Å². The minimum Gasteiger partial charge on any atom is -0.838 e. The van der Waals surface area contributed by atoms with Crippen LogP contribution in [0.1, 0.15) is 41.0 Å². The first-order valence-electron chi connectivity index (χ1n) is 12.2. The molecule has 38 heavy (non-hydrogen) atoms. The molecule has 3 rings (SSSR count). The molecule has 1 unspecified atom stereocenters. The van der Waals surface area contributed by atoms with Gasteiger partial charge in [-0.1, -0.05) is 6.55 Å². The van der Waals surface area contributed by atoms with E-state index in [1.54, 1.807) is 62.4 Å². The Labute approximate surface area is 221 Å². The molecule has 202 valence electrons. The first-order chi connectivity index (χ1) is 18.2. The third kappa shape index (κ3) is 9.10. The molecule has 0 bridgehead atoms. The second-order valence-electron chi connectivity index (χ2n) is 8.36. The molecular weight excluding hydrogens is 508 g/mol. The molecule has 0 aliphatic rings. The van der Waals surface area contributed by atoms with E-state index >= 15 is 0 Å². The van der Waals surface area contributed by atoms with Gasteiger partial charge in [0.2, 0.25) is 17.8 Å². The van der Waals surface area contributed by atoms with Gasteiger partial charge in [0.25, 0.3) is 0 Å². The van der Waals surface area contributed by atoms with Crippen molar-refractivity contribution < 1.29 is 28.7 Å². The van der Waals surface area contributed by atoms with E-state index in [4.69, 9.17) is 9.47 Å². The van der Waals surface area contributed by atoms with Gasteiger partial charge in [0, 0.05) is 17.9 Å². The lowest BCUT2D eigenvalue weighted by molar-refractivity contribution is -0.232. The van der Waals surface area contributed by atoms with E-state index in [0.29, 0.717) is 35.5 Å². The molecule has 0 aliphatic carbocycles. The summed E-state index contributed by atoms with van der Waals surface area (Å²) in [5, 5.41) is 9.22. The number of hydrogen-bond acceptors (Lipinski definition) is 12. The number of anilines is 5. The van der Waals surface area contributed by atoms with Gasteiger partial charge < -0.3 is 35.0 Å². The van der Waals surface area contributed by atoms with Gasteiger partial charge in [-0.25, -0.2) is 9.59 Å². The normalized spacial score (nSPS) is 12.2. The van der Waals surface area contributed by atoms with Crippen LogP contribution in [0.5, 0.6) is 0 Å². The van der Waals surface area contributed by atoms with Gasteiger partial charge in [-0.2, -0.15) is 15.0 Å². The van der Waals surface area contributed by atoms with Crippen molar-refractivity contribution in [2.75, 3.05) is 35.7 Å². The monoisotopic (exact) mass is 539 g/mol. The molecule has 1 aromatic heterocycles. The molecule has 3 aromatic rings. The van der Waals surface area contributed by atoms with Crippen LogP contribution in [0.25, 0.3) is 0 Å². The number of carbonyl (C=O) groups excluding carboxylic acids is 2. The second kappa shape index (κ2) is 13.5. The number of nitrogens with one attached hydrogen (secondary N) is 3. The summed E-state index contributed by atoms with van der Waals surface area (Å²) in [4.78, 5) is 58.1. The van der Waals surface area contributed by atoms with E-state index in [9.17, 15) is 19.2 Å². The molecular formula is C25H31N6O6Si-. The fourth-order valence-electron chi connectivity index (χ4n) is 3.25. The second-order valence-corrected chi connectivity index (χ2v) is 11.2. The van der Waals surface area contributed by atoms with Gasteiger partial charge >= 0.3 is 11.9 Å². The Hall–Kier alpha value is -4.07. The van der Waals surface area contributed by atoms with Gasteiger partial charge in [-0.15, -0.1) is 0 Å². The van der Waals surface area contributed by atoms with Crippen molar-refractivity contribution in [1.29, 1.82) is 0 Å². The Kier molecular flexibility index (Phi) is 10.1. The minimum absolute atomic E-state index is 0.195. The highest BCUT2D eigenvalue weighted by Gasteiger charge is 2.12. The lowest BCUT2D eigenvalue weighted by atomic mass is 10.2. The summed E-state index contributed by atoms with van der Waals surface area (Å²) in [7, 11) is -3.39. The molecule has 13 heteroatoms. The van der Waals surface area contributed by atoms with Crippen LogP contribution >= 0.6 is 0 Å². The summed E-state index contributed by atoms with van der Waals surface area (Å²) in [5.74, 6) is -0.120. The van der Waals surface area contributed by atoms with E-state index < -0.39 is 20.5 Å². The van der Waals surface area contributed by atoms with Crippen LogP contribution in [-0.4, -0.2) is 60.0 Å². The average Bonchev–Trinajstić information content (AvgIpc) is 2.87. The molecule has 0 fully saturated rings. The molecule has 0 amide bonds. The van der Waals surface area contributed by atoms with Crippen molar-refractivity contribution in [3.05, 3.63) is 59.7 Å². The Morgan fingerprint density at radius 2 is 1.24 bits per heavy atom. The summed E-state index contributed by atoms with van der Waals surface area (Å²) in [6.07, 6.45) is 0.463. The molecule has 2 aromatic carbocycles. The maximum absolute atomic E-state index is 11.9. The van der Waals surface area contributed by atoms with E-state index in [1.165, 1.54) is 6.55 Å². The summed E-state index contributed by atoms with van der Waals surface area (Å²) >= 11 is 0. The van der Waals surface area contributed by atoms with Crippen LogP contribution in [0.4, 0.5) is 29.2 Å². The standard InChI is InChI=1S/C25H31N6O6Si/c1-4-36-21(32)17-7-11-19(12-8-17)27-24-29-23(26-15-6-16-38(3,34)35)30-25(31-24)28-20-13-9-18(10-14-20)22(33)37-5-2/h7-14,34H,4-6,15-16H2,1-3H3,(H3,26,27,28,29,30,31)/q-1. The van der Waals surface area contributed by atoms with E-state index in [2.05, 4.69) is 30.9 Å². The quantitative estimate of drug-likeness (QED) is 0.142. The first-order valence-corrected chi connectivity index (χ1v) is 14.7. The number of hydrogen-bond donors (Lipinski definition) is 4. The predicted octanol–water partition coefficient (Wildman–Crippen LogP) is 2.94. The smallest absolute Gasteiger partial charge is 0.338 e. The van der Waals surface area contributed by atoms with Crippen LogP contribution in [0.3, 0.4) is 0 Å². The van der Waals surface area contributed by atoms with Gasteiger partial charge in [0.05, 0.1) is 32.9 Å². The zero-order valence-corrected chi connectivity index (χ0v) is 22.5. The van der Waals surface area contributed by atoms with Crippen LogP contribution in [-0.2, 0) is 9.47 Å². The highest BCUT2D eigenvalue weighted by atomic mass is 28.4. The Morgan fingerprint density at radius 1 is 0.816 bits per heavy atom. The molecule has 0 radical (unpaired) electrons. The fourth-order valence-corrected chi connectivity index (χ4v) is 4.08. The van der Waals surface area contributed by atoms with Crippen molar-refractivity contribution >= 4 is 49.7 Å². The Morgan fingerprint density at radius 3 is 1.63 bits per heavy atom. The van der Waals surface area contributed by atoms with E-state index in [-0.39, 0.29) is 37.1 Å². The maximum Gasteiger partial charge on any atom is 0.338 e. The zero-order valence-electron chi connectivity index (χ0n) is 21.5. The van der Waals surface area contributed by atoms with Gasteiger partial charge in [0.1, 0.15) is 0 Å². The van der Waals surface area contributed by atoms with Crippen LogP contribution in [0, 0.1) is 0 Å². The summed E-state index contributed by atoms with van der Waals surface area (Å²) in [6.45, 7) is 5.79. The molecule has 0 spiro atoms. The summed E-state index contributed by atoms with van der Waals surface area (Å²) < 4.78 is 10.0. The number of carbonyl (C=O) groups is 2. The van der Waals surface area contributed by atoms with Crippen molar-refractivity contribution in [3.8, 4) is 0 Å². The first kappa shape index (κ1) is 28.5. The van der Waals surface area contributed by atoms with Crippen molar-refractivity contribution in [1.82, 2.24) is 15.0 Å². The minimum atomic E-state index is -3.39. The highest BCUT2D eigenvalue weighted by molar-refractivity contribution is 6.61. The number of esters is 2. The largest absolute Gasteiger partial charge is 0.838 e. The summed E-state index contributed by atoms with van der Waals surface area (Å²) in [6, 6.07) is 13.5. The molecule has 12 nitrogen and oxygen atoms in total.